The van der Waals surface area contributed by atoms with Gasteiger partial charge in [-0.1, -0.05) is 22.9 Å². The molecule has 1 unspecified atom stereocenters. The molecule has 0 aliphatic heterocycles. The molecule has 128 valence electrons. The van der Waals surface area contributed by atoms with Crippen molar-refractivity contribution >= 4 is 27.8 Å². The summed E-state index contributed by atoms with van der Waals surface area (Å²) < 4.78 is 19.7. The summed E-state index contributed by atoms with van der Waals surface area (Å²) in [5.74, 6) is -2.88. The molecule has 1 amide bonds. The number of carboxylic acid groups (broad SMARTS) is 1. The largest absolute Gasteiger partial charge is 0.481 e. The first-order chi connectivity index (χ1) is 10.9. The van der Waals surface area contributed by atoms with Crippen LogP contribution in [0, 0.1) is 11.7 Å². The number of carbonyl (C=O) groups excluding carboxylic acids is 1. The number of hydrogen-bond acceptors (Lipinski definition) is 3. The molecule has 0 fully saturated rings. The highest BCUT2D eigenvalue weighted by Gasteiger charge is 2.23. The van der Waals surface area contributed by atoms with E-state index in [1.807, 2.05) is 6.92 Å². The number of aliphatic carboxylic acids is 1. The van der Waals surface area contributed by atoms with Crippen molar-refractivity contribution in [2.24, 2.45) is 5.92 Å². The minimum absolute atomic E-state index is 0.0201. The summed E-state index contributed by atoms with van der Waals surface area (Å²) in [4.78, 5) is 25.0. The fraction of sp³-hybridized carbons (Fsp3) is 0.500. The van der Waals surface area contributed by atoms with E-state index in [0.29, 0.717) is 30.7 Å². The maximum absolute atomic E-state index is 13.9. The lowest BCUT2D eigenvalue weighted by atomic mass is 10.1. The number of carboxylic acids is 1. The maximum Gasteiger partial charge on any atom is 0.308 e. The Bertz CT molecular complexity index is 553. The SMILES string of the molecule is CCOCCCN(CC(C)C(=O)O)C(=O)c1cc(Br)ccc1F. The van der Waals surface area contributed by atoms with Crippen LogP contribution in [-0.2, 0) is 9.53 Å². The Morgan fingerprint density at radius 3 is 2.74 bits per heavy atom. The monoisotopic (exact) mass is 389 g/mol. The van der Waals surface area contributed by atoms with E-state index in [1.54, 1.807) is 0 Å². The molecule has 5 nitrogen and oxygen atoms in total. The highest BCUT2D eigenvalue weighted by molar-refractivity contribution is 9.10. The Kier molecular flexibility index (Phi) is 8.19. The summed E-state index contributed by atoms with van der Waals surface area (Å²) in [6.07, 6.45) is 0.557. The molecule has 0 aliphatic rings. The second kappa shape index (κ2) is 9.62. The third kappa shape index (κ3) is 6.27. The number of amides is 1. The quantitative estimate of drug-likeness (QED) is 0.658. The van der Waals surface area contributed by atoms with Gasteiger partial charge in [0, 0.05) is 30.8 Å². The third-order valence-electron chi connectivity index (χ3n) is 3.28. The Hall–Kier alpha value is -1.47. The van der Waals surface area contributed by atoms with Crippen molar-refractivity contribution in [2.75, 3.05) is 26.3 Å². The minimum Gasteiger partial charge on any atom is -0.481 e. The predicted molar refractivity (Wildman–Crippen MR) is 87.9 cm³/mol. The molecule has 0 aromatic heterocycles. The molecule has 0 spiro atoms. The molecule has 0 bridgehead atoms. The highest BCUT2D eigenvalue weighted by Crippen LogP contribution is 2.18. The Balaban J connectivity index is 2.89. The van der Waals surface area contributed by atoms with Crippen LogP contribution in [0.3, 0.4) is 0 Å². The number of hydrogen-bond donors (Lipinski definition) is 1. The highest BCUT2D eigenvalue weighted by atomic mass is 79.9. The number of benzene rings is 1. The standard InChI is InChI=1S/C16H21BrFNO4/c1-3-23-8-4-7-19(10-11(2)16(21)22)15(20)13-9-12(17)5-6-14(13)18/h5-6,9,11H,3-4,7-8,10H2,1-2H3,(H,21,22). The van der Waals surface area contributed by atoms with Crippen LogP contribution in [0.2, 0.25) is 0 Å². The Morgan fingerprint density at radius 1 is 1.43 bits per heavy atom. The minimum atomic E-state index is -0.998. The maximum atomic E-state index is 13.9. The molecule has 0 radical (unpaired) electrons. The lowest BCUT2D eigenvalue weighted by Gasteiger charge is -2.25. The molecule has 1 N–H and O–H groups in total. The summed E-state index contributed by atoms with van der Waals surface area (Å²) in [5, 5.41) is 9.05. The molecule has 0 saturated carbocycles. The summed E-state index contributed by atoms with van der Waals surface area (Å²) in [6.45, 7) is 4.74. The van der Waals surface area contributed by atoms with Crippen LogP contribution >= 0.6 is 15.9 Å². The van der Waals surface area contributed by atoms with Crippen molar-refractivity contribution in [3.05, 3.63) is 34.1 Å². The zero-order valence-electron chi connectivity index (χ0n) is 13.2. The van der Waals surface area contributed by atoms with Gasteiger partial charge in [0.2, 0.25) is 0 Å². The lowest BCUT2D eigenvalue weighted by molar-refractivity contribution is -0.141. The van der Waals surface area contributed by atoms with Gasteiger partial charge in [-0.3, -0.25) is 9.59 Å². The van der Waals surface area contributed by atoms with Crippen LogP contribution in [0.15, 0.2) is 22.7 Å². The van der Waals surface area contributed by atoms with Crippen LogP contribution in [0.25, 0.3) is 0 Å². The molecule has 1 rings (SSSR count). The van der Waals surface area contributed by atoms with Gasteiger partial charge in [-0.25, -0.2) is 4.39 Å². The van der Waals surface area contributed by atoms with Crippen molar-refractivity contribution in [1.29, 1.82) is 0 Å². The Morgan fingerprint density at radius 2 is 2.13 bits per heavy atom. The van der Waals surface area contributed by atoms with Crippen molar-refractivity contribution < 1.29 is 23.8 Å². The van der Waals surface area contributed by atoms with Crippen LogP contribution in [-0.4, -0.2) is 48.2 Å². The molecule has 23 heavy (non-hydrogen) atoms. The van der Waals surface area contributed by atoms with Crippen molar-refractivity contribution in [2.45, 2.75) is 20.3 Å². The summed E-state index contributed by atoms with van der Waals surface area (Å²) in [5.41, 5.74) is -0.0756. The van der Waals surface area contributed by atoms with Crippen LogP contribution < -0.4 is 0 Å². The van der Waals surface area contributed by atoms with Crippen molar-refractivity contribution in [3.63, 3.8) is 0 Å². The molecule has 1 atom stereocenters. The second-order valence-electron chi connectivity index (χ2n) is 5.17. The summed E-state index contributed by atoms with van der Waals surface area (Å²) >= 11 is 3.21. The fourth-order valence-electron chi connectivity index (χ4n) is 2.02. The van der Waals surface area contributed by atoms with Gasteiger partial charge in [0.25, 0.3) is 5.91 Å². The third-order valence-corrected chi connectivity index (χ3v) is 3.78. The van der Waals surface area contributed by atoms with E-state index in [9.17, 15) is 14.0 Å². The molecular weight excluding hydrogens is 369 g/mol. The lowest BCUT2D eigenvalue weighted by Crippen LogP contribution is -2.38. The first-order valence-electron chi connectivity index (χ1n) is 7.41. The smallest absolute Gasteiger partial charge is 0.308 e. The first kappa shape index (κ1) is 19.6. The summed E-state index contributed by atoms with van der Waals surface area (Å²) in [7, 11) is 0. The average Bonchev–Trinajstić information content (AvgIpc) is 2.51. The van der Waals surface area contributed by atoms with Gasteiger partial charge in [0.15, 0.2) is 0 Å². The van der Waals surface area contributed by atoms with E-state index in [-0.39, 0.29) is 12.1 Å². The van der Waals surface area contributed by atoms with Crippen molar-refractivity contribution in [3.8, 4) is 0 Å². The molecule has 1 aromatic rings. The first-order valence-corrected chi connectivity index (χ1v) is 8.21. The average molecular weight is 390 g/mol. The normalized spacial score (nSPS) is 12.0. The molecule has 0 aliphatic carbocycles. The van der Waals surface area contributed by atoms with E-state index < -0.39 is 23.6 Å². The van der Waals surface area contributed by atoms with Gasteiger partial charge in [0.1, 0.15) is 5.82 Å². The number of nitrogens with zero attached hydrogens (tertiary/aromatic N) is 1. The second-order valence-corrected chi connectivity index (χ2v) is 6.08. The van der Waals surface area contributed by atoms with E-state index in [2.05, 4.69) is 15.9 Å². The summed E-state index contributed by atoms with van der Waals surface area (Å²) in [6, 6.07) is 4.11. The number of rotatable bonds is 9. The molecule has 0 saturated heterocycles. The fourth-order valence-corrected chi connectivity index (χ4v) is 2.38. The van der Waals surface area contributed by atoms with Gasteiger partial charge < -0.3 is 14.7 Å². The zero-order chi connectivity index (χ0) is 17.4. The van der Waals surface area contributed by atoms with Gasteiger partial charge in [-0.2, -0.15) is 0 Å². The van der Waals surface area contributed by atoms with Gasteiger partial charge in [-0.05, 0) is 31.5 Å². The Labute approximate surface area is 143 Å². The van der Waals surface area contributed by atoms with Crippen LogP contribution in [0.1, 0.15) is 30.6 Å². The van der Waals surface area contributed by atoms with E-state index in [1.165, 1.54) is 30.0 Å². The molecule has 7 heteroatoms. The van der Waals surface area contributed by atoms with Crippen LogP contribution in [0.4, 0.5) is 4.39 Å². The number of halogens is 2. The topological polar surface area (TPSA) is 66.8 Å². The van der Waals surface area contributed by atoms with E-state index >= 15 is 0 Å². The molecular formula is C16H21BrFNO4. The molecule has 0 heterocycles. The number of ether oxygens (including phenoxy) is 1. The number of carbonyl (C=O) groups is 2. The van der Waals surface area contributed by atoms with Crippen molar-refractivity contribution in [1.82, 2.24) is 4.90 Å². The van der Waals surface area contributed by atoms with Gasteiger partial charge in [-0.15, -0.1) is 0 Å². The van der Waals surface area contributed by atoms with Gasteiger partial charge in [0.05, 0.1) is 11.5 Å². The van der Waals surface area contributed by atoms with E-state index in [0.717, 1.165) is 0 Å². The molecule has 1 aromatic carbocycles. The van der Waals surface area contributed by atoms with E-state index in [4.69, 9.17) is 9.84 Å². The van der Waals surface area contributed by atoms with Gasteiger partial charge >= 0.3 is 5.97 Å². The predicted octanol–water partition coefficient (Wildman–Crippen LogP) is 3.18. The zero-order valence-corrected chi connectivity index (χ0v) is 14.8. The van der Waals surface area contributed by atoms with Crippen LogP contribution in [0.5, 0.6) is 0 Å².